The van der Waals surface area contributed by atoms with E-state index in [9.17, 15) is 23.1 Å². The van der Waals surface area contributed by atoms with Crippen molar-refractivity contribution < 1.29 is 41.7 Å². The van der Waals surface area contributed by atoms with Crippen LogP contribution < -0.4 is 10.6 Å². The first-order valence-electron chi connectivity index (χ1n) is 15.7. The van der Waals surface area contributed by atoms with E-state index in [4.69, 9.17) is 18.6 Å². The Morgan fingerprint density at radius 2 is 1.94 bits per heavy atom. The Labute approximate surface area is 273 Å². The summed E-state index contributed by atoms with van der Waals surface area (Å²) in [5.74, 6) is -0.0638. The van der Waals surface area contributed by atoms with E-state index in [1.54, 1.807) is 24.3 Å². The maximum absolute atomic E-state index is 14.2. The second-order valence-corrected chi connectivity index (χ2v) is 14.4. The van der Waals surface area contributed by atoms with Gasteiger partial charge in [0.2, 0.25) is 10.0 Å². The largest absolute Gasteiger partial charge is 0.465 e. The number of carbonyl (C=O) groups is 2. The average Bonchev–Trinajstić information content (AvgIpc) is 3.84. The number of sulfonamides is 1. The van der Waals surface area contributed by atoms with Gasteiger partial charge < -0.3 is 34.4 Å². The molecule has 250 valence electrons. The number of furan rings is 1. The molecule has 0 aliphatic carbocycles. The summed E-state index contributed by atoms with van der Waals surface area (Å²) >= 11 is 0. The van der Waals surface area contributed by atoms with Gasteiger partial charge in [-0.3, -0.25) is 4.79 Å². The summed E-state index contributed by atoms with van der Waals surface area (Å²) in [6.45, 7) is 4.32. The predicted molar refractivity (Wildman–Crippen MR) is 172 cm³/mol. The molecule has 2 saturated heterocycles. The number of ether oxygens (including phenoxy) is 3. The standard InChI is InChI=1S/C34H39N3O9S/c1-21(2)18-37(47(41,42)24-10-11-28-26(17-24)27(32(39)35-28)16-23-9-6-13-43-23)19-30(38)29(15-22-7-4-3-5-8-22)36-34(40)46-31-20-45-33-25(31)12-14-44-33/h3-11,13,16-17,21,25,29-31,33,38H,12,14-15,18-20H2,1-2H3,(H,35,39)(H,36,40)/t25?,29-,30+,31?,33?/m0/s1. The molecule has 4 heterocycles. The molecule has 47 heavy (non-hydrogen) atoms. The fraction of sp³-hybridized carbons (Fsp3) is 0.412. The van der Waals surface area contributed by atoms with Crippen molar-refractivity contribution in [3.05, 3.63) is 83.8 Å². The van der Waals surface area contributed by atoms with Crippen molar-refractivity contribution >= 4 is 39.4 Å². The van der Waals surface area contributed by atoms with Crippen LogP contribution in [0.4, 0.5) is 10.5 Å². The van der Waals surface area contributed by atoms with Gasteiger partial charge in [-0.05, 0) is 60.7 Å². The third-order valence-corrected chi connectivity index (χ3v) is 10.3. The highest BCUT2D eigenvalue weighted by molar-refractivity contribution is 7.89. The molecule has 2 fully saturated rings. The highest BCUT2D eigenvalue weighted by atomic mass is 32.2. The molecular weight excluding hydrogens is 626 g/mol. The topological polar surface area (TPSA) is 157 Å². The third kappa shape index (κ3) is 7.44. The molecular formula is C34H39N3O9S. The van der Waals surface area contributed by atoms with Crippen LogP contribution in [0.2, 0.25) is 0 Å². The fourth-order valence-corrected chi connectivity index (χ4v) is 7.82. The van der Waals surface area contributed by atoms with E-state index in [1.807, 2.05) is 44.2 Å². The Balaban J connectivity index is 1.23. The van der Waals surface area contributed by atoms with E-state index in [0.717, 1.165) is 5.56 Å². The van der Waals surface area contributed by atoms with Crippen molar-refractivity contribution in [1.82, 2.24) is 9.62 Å². The van der Waals surface area contributed by atoms with Gasteiger partial charge in [0.1, 0.15) is 11.9 Å². The number of nitrogens with one attached hydrogen (secondary N) is 2. The molecule has 3 N–H and O–H groups in total. The lowest BCUT2D eigenvalue weighted by Gasteiger charge is -2.31. The molecule has 0 radical (unpaired) electrons. The summed E-state index contributed by atoms with van der Waals surface area (Å²) in [7, 11) is -4.17. The number of benzene rings is 2. The number of nitrogens with zero attached hydrogens (tertiary/aromatic N) is 1. The van der Waals surface area contributed by atoms with Crippen LogP contribution in [0.15, 0.2) is 76.2 Å². The van der Waals surface area contributed by atoms with Crippen LogP contribution in [0.3, 0.4) is 0 Å². The van der Waals surface area contributed by atoms with Crippen LogP contribution >= 0.6 is 0 Å². The predicted octanol–water partition coefficient (Wildman–Crippen LogP) is 3.88. The fourth-order valence-electron chi connectivity index (χ4n) is 6.17. The number of anilines is 1. The number of aliphatic hydroxyl groups is 1. The lowest BCUT2D eigenvalue weighted by atomic mass is 10.0. The van der Waals surface area contributed by atoms with Crippen molar-refractivity contribution in [3.8, 4) is 0 Å². The highest BCUT2D eigenvalue weighted by Gasteiger charge is 2.44. The molecule has 1 aromatic heterocycles. The molecule has 3 aliphatic heterocycles. The van der Waals surface area contributed by atoms with Gasteiger partial charge in [0, 0.05) is 24.3 Å². The molecule has 12 nitrogen and oxygen atoms in total. The number of carbonyl (C=O) groups excluding carboxylic acids is 2. The molecule has 0 saturated carbocycles. The van der Waals surface area contributed by atoms with Gasteiger partial charge in [-0.15, -0.1) is 0 Å². The maximum Gasteiger partial charge on any atom is 0.407 e. The summed E-state index contributed by atoms with van der Waals surface area (Å²) < 4.78 is 51.8. The van der Waals surface area contributed by atoms with Crippen molar-refractivity contribution in [3.63, 3.8) is 0 Å². The Morgan fingerprint density at radius 1 is 1.13 bits per heavy atom. The number of rotatable bonds is 12. The van der Waals surface area contributed by atoms with Crippen molar-refractivity contribution in [2.24, 2.45) is 11.8 Å². The van der Waals surface area contributed by atoms with Gasteiger partial charge in [-0.25, -0.2) is 13.2 Å². The molecule has 6 rings (SSSR count). The minimum Gasteiger partial charge on any atom is -0.465 e. The SMILES string of the molecule is CC(C)CN(C[C@@H](O)[C@H](Cc1ccccc1)NC(=O)OC1COC2OCCC12)S(=O)(=O)c1ccc2c(c1)C(=Cc1ccco1)C(=O)N2. The van der Waals surface area contributed by atoms with E-state index in [0.29, 0.717) is 30.0 Å². The minimum absolute atomic E-state index is 0.0347. The van der Waals surface area contributed by atoms with E-state index < -0.39 is 40.7 Å². The van der Waals surface area contributed by atoms with E-state index >= 15 is 0 Å². The molecule has 3 aliphatic rings. The van der Waals surface area contributed by atoms with Gasteiger partial charge >= 0.3 is 6.09 Å². The third-order valence-electron chi connectivity index (χ3n) is 8.51. The second-order valence-electron chi connectivity index (χ2n) is 12.4. The van der Waals surface area contributed by atoms with E-state index in [-0.39, 0.29) is 54.3 Å². The molecule has 3 aromatic rings. The Morgan fingerprint density at radius 3 is 2.68 bits per heavy atom. The highest BCUT2D eigenvalue weighted by Crippen LogP contribution is 2.36. The van der Waals surface area contributed by atoms with Crippen LogP contribution in [0.5, 0.6) is 0 Å². The van der Waals surface area contributed by atoms with E-state index in [2.05, 4.69) is 10.6 Å². The molecule has 2 amide bonds. The number of aliphatic hydroxyl groups excluding tert-OH is 1. The summed E-state index contributed by atoms with van der Waals surface area (Å²) in [4.78, 5) is 25.8. The number of hydrogen-bond donors (Lipinski definition) is 3. The summed E-state index contributed by atoms with van der Waals surface area (Å²) in [5, 5.41) is 17.2. The maximum atomic E-state index is 14.2. The van der Waals surface area contributed by atoms with Crippen molar-refractivity contribution in [2.75, 3.05) is 31.6 Å². The number of amides is 2. The summed E-state index contributed by atoms with van der Waals surface area (Å²) in [6, 6.07) is 16.3. The molecule has 5 atom stereocenters. The van der Waals surface area contributed by atoms with Gasteiger partial charge in [-0.1, -0.05) is 44.2 Å². The normalized spacial score (nSPS) is 22.7. The van der Waals surface area contributed by atoms with Crippen molar-refractivity contribution in [2.45, 2.75) is 56.1 Å². The lowest BCUT2D eigenvalue weighted by molar-refractivity contribution is -0.110. The Kier molecular flexibility index (Phi) is 9.80. The Hall–Kier alpha value is -4.01. The minimum atomic E-state index is -4.17. The number of hydrogen-bond acceptors (Lipinski definition) is 9. The van der Waals surface area contributed by atoms with E-state index in [1.165, 1.54) is 22.7 Å². The van der Waals surface area contributed by atoms with Crippen LogP contribution in [0.25, 0.3) is 11.6 Å². The summed E-state index contributed by atoms with van der Waals surface area (Å²) in [6.07, 6.45) is 1.09. The second kappa shape index (κ2) is 14.0. The molecule has 0 bridgehead atoms. The first-order chi connectivity index (χ1) is 22.6. The van der Waals surface area contributed by atoms with Crippen molar-refractivity contribution in [1.29, 1.82) is 0 Å². The zero-order chi connectivity index (χ0) is 33.1. The number of alkyl carbamates (subject to hydrolysis) is 1. The van der Waals surface area contributed by atoms with Crippen LogP contribution in [0.1, 0.15) is 37.2 Å². The zero-order valence-corrected chi connectivity index (χ0v) is 27.0. The molecule has 0 spiro atoms. The van der Waals surface area contributed by atoms with Crippen LogP contribution in [-0.2, 0) is 35.4 Å². The number of fused-ring (bicyclic) bond motifs is 2. The van der Waals surface area contributed by atoms with Gasteiger partial charge in [-0.2, -0.15) is 4.31 Å². The van der Waals surface area contributed by atoms with Gasteiger partial charge in [0.15, 0.2) is 6.29 Å². The Bertz CT molecular complexity index is 1710. The quantitative estimate of drug-likeness (QED) is 0.244. The van der Waals surface area contributed by atoms with Crippen LogP contribution in [-0.4, -0.2) is 80.7 Å². The molecule has 13 heteroatoms. The molecule has 3 unspecified atom stereocenters. The zero-order valence-electron chi connectivity index (χ0n) is 26.2. The van der Waals surface area contributed by atoms with Gasteiger partial charge in [0.25, 0.3) is 5.91 Å². The first kappa shape index (κ1) is 32.9. The monoisotopic (exact) mass is 665 g/mol. The molecule has 2 aromatic carbocycles. The lowest BCUT2D eigenvalue weighted by Crippen LogP contribution is -2.51. The summed E-state index contributed by atoms with van der Waals surface area (Å²) in [5.41, 5.74) is 2.03. The smallest absolute Gasteiger partial charge is 0.407 e. The van der Waals surface area contributed by atoms with Gasteiger partial charge in [0.05, 0.1) is 48.0 Å². The first-order valence-corrected chi connectivity index (χ1v) is 17.2. The average molecular weight is 666 g/mol. The van der Waals surface area contributed by atoms with Crippen LogP contribution in [0, 0.1) is 11.8 Å².